The summed E-state index contributed by atoms with van der Waals surface area (Å²) in [6.45, 7) is -2.96. The number of benzene rings is 1. The third-order valence-corrected chi connectivity index (χ3v) is 6.96. The quantitative estimate of drug-likeness (QED) is 0.0585. The van der Waals surface area contributed by atoms with Crippen LogP contribution in [-0.4, -0.2) is 135 Å². The molecule has 0 unspecified atom stereocenters. The molecule has 12 N–H and O–H groups in total. The largest absolute Gasteiger partial charge is 0.481 e. The zero-order chi connectivity index (χ0) is 34.8. The number of amides is 5. The average Bonchev–Trinajstić information content (AvgIpc) is 3.02. The van der Waals surface area contributed by atoms with Crippen molar-refractivity contribution in [2.45, 2.75) is 55.5 Å². The highest BCUT2D eigenvalue weighted by molar-refractivity contribution is 7.98. The Bertz CT molecular complexity index is 1210. The number of hydrogen-bond acceptors (Lipinski definition) is 12. The highest BCUT2D eigenvalue weighted by Crippen LogP contribution is 2.07. The summed E-state index contributed by atoms with van der Waals surface area (Å²) in [5, 5.41) is 57.5. The molecule has 0 bridgehead atoms. The van der Waals surface area contributed by atoms with E-state index in [-0.39, 0.29) is 12.8 Å². The Kier molecular flexibility index (Phi) is 17.9. The van der Waals surface area contributed by atoms with Gasteiger partial charge in [-0.3, -0.25) is 28.8 Å². The number of nitrogens with one attached hydrogen (secondary N) is 5. The van der Waals surface area contributed by atoms with Gasteiger partial charge in [0, 0.05) is 6.42 Å². The van der Waals surface area contributed by atoms with Gasteiger partial charge in [-0.05, 0) is 24.0 Å². The number of aliphatic hydroxyl groups excluding tert-OH is 3. The Morgan fingerprint density at radius 3 is 1.57 bits per heavy atom. The lowest BCUT2D eigenvalue weighted by Crippen LogP contribution is -2.61. The molecule has 0 aliphatic carbocycles. The van der Waals surface area contributed by atoms with Crippen LogP contribution in [0.5, 0.6) is 0 Å². The number of rotatable bonds is 21. The lowest BCUT2D eigenvalue weighted by atomic mass is 10.0. The van der Waals surface area contributed by atoms with Crippen molar-refractivity contribution in [2.24, 2.45) is 5.73 Å². The van der Waals surface area contributed by atoms with Gasteiger partial charge in [-0.1, -0.05) is 30.3 Å². The maximum Gasteiger partial charge on any atom is 0.328 e. The molecule has 19 heteroatoms. The topological polar surface area (TPSA) is 307 Å². The normalized spacial score (nSPS) is 14.7. The standard InChI is InChI=1S/C27H40N6O12S/c1-46-8-7-16(23(40)31-18(11-34)25(42)32-19(12-35)26(43)33-20(13-36)27(44)45)29-24(41)17(9-14-5-3-2-4-6-14)30-22(39)15(28)10-21(37)38/h2-6,15-20,34-36H,7-13,28H2,1H3,(H,29,41)(H,30,39)(H,31,40)(H,32,42)(H,33,43)(H,37,38)(H,44,45)/t15-,16-,17-,18-,19-,20-/m0/s1. The van der Waals surface area contributed by atoms with Gasteiger partial charge in [0.15, 0.2) is 0 Å². The monoisotopic (exact) mass is 672 g/mol. The molecule has 1 aromatic rings. The number of nitrogens with two attached hydrogens (primary N) is 1. The summed E-state index contributed by atoms with van der Waals surface area (Å²) in [6.07, 6.45) is 1.01. The van der Waals surface area contributed by atoms with Crippen LogP contribution in [0.3, 0.4) is 0 Å². The van der Waals surface area contributed by atoms with E-state index in [1.165, 1.54) is 11.8 Å². The van der Waals surface area contributed by atoms with E-state index in [0.29, 0.717) is 11.3 Å². The second-order valence-electron chi connectivity index (χ2n) is 9.87. The first-order valence-corrected chi connectivity index (χ1v) is 15.2. The summed E-state index contributed by atoms with van der Waals surface area (Å²) < 4.78 is 0. The number of thioether (sulfide) groups is 1. The average molecular weight is 673 g/mol. The van der Waals surface area contributed by atoms with E-state index in [4.69, 9.17) is 21.1 Å². The molecule has 0 saturated carbocycles. The molecule has 0 aliphatic rings. The number of carbonyl (C=O) groups excluding carboxylic acids is 5. The predicted octanol–water partition coefficient (Wildman–Crippen LogP) is -4.73. The molecule has 0 spiro atoms. The minimum absolute atomic E-state index is 0.0302. The van der Waals surface area contributed by atoms with Crippen LogP contribution in [0.1, 0.15) is 18.4 Å². The fourth-order valence-corrected chi connectivity index (χ4v) is 4.26. The van der Waals surface area contributed by atoms with Crippen molar-refractivity contribution in [2.75, 3.05) is 31.8 Å². The summed E-state index contributed by atoms with van der Waals surface area (Å²) in [7, 11) is 0. The zero-order valence-electron chi connectivity index (χ0n) is 24.9. The van der Waals surface area contributed by atoms with Crippen molar-refractivity contribution < 1.29 is 59.1 Å². The Morgan fingerprint density at radius 1 is 0.674 bits per heavy atom. The molecular weight excluding hydrogens is 632 g/mol. The van der Waals surface area contributed by atoms with E-state index in [1.54, 1.807) is 36.6 Å². The van der Waals surface area contributed by atoms with Gasteiger partial charge in [0.25, 0.3) is 0 Å². The van der Waals surface area contributed by atoms with Crippen LogP contribution in [0.15, 0.2) is 30.3 Å². The van der Waals surface area contributed by atoms with Gasteiger partial charge < -0.3 is 57.9 Å². The first kappa shape index (κ1) is 39.7. The van der Waals surface area contributed by atoms with E-state index >= 15 is 0 Å². The zero-order valence-corrected chi connectivity index (χ0v) is 25.7. The van der Waals surface area contributed by atoms with Crippen LogP contribution in [-0.2, 0) is 40.0 Å². The van der Waals surface area contributed by atoms with Crippen LogP contribution < -0.4 is 32.3 Å². The Labute approximate surface area is 267 Å². The van der Waals surface area contributed by atoms with E-state index < -0.39 is 104 Å². The summed E-state index contributed by atoms with van der Waals surface area (Å²) in [6, 6.07) is -0.724. The third-order valence-electron chi connectivity index (χ3n) is 6.32. The van der Waals surface area contributed by atoms with Crippen LogP contribution in [0.25, 0.3) is 0 Å². The highest BCUT2D eigenvalue weighted by Gasteiger charge is 2.32. The van der Waals surface area contributed by atoms with Gasteiger partial charge in [-0.25, -0.2) is 4.79 Å². The molecule has 0 saturated heterocycles. The number of carboxylic acids is 2. The Morgan fingerprint density at radius 2 is 1.11 bits per heavy atom. The molecule has 1 rings (SSSR count). The molecule has 18 nitrogen and oxygen atoms in total. The maximum absolute atomic E-state index is 13.4. The predicted molar refractivity (Wildman–Crippen MR) is 162 cm³/mol. The lowest BCUT2D eigenvalue weighted by molar-refractivity contribution is -0.143. The molecule has 0 aromatic heterocycles. The van der Waals surface area contributed by atoms with E-state index in [0.717, 1.165) is 0 Å². The van der Waals surface area contributed by atoms with E-state index in [9.17, 15) is 43.8 Å². The fourth-order valence-electron chi connectivity index (χ4n) is 3.79. The van der Waals surface area contributed by atoms with E-state index in [2.05, 4.69) is 21.3 Å². The van der Waals surface area contributed by atoms with E-state index in [1.807, 2.05) is 5.32 Å². The van der Waals surface area contributed by atoms with Crippen molar-refractivity contribution in [3.63, 3.8) is 0 Å². The van der Waals surface area contributed by atoms with Crippen molar-refractivity contribution in [3.05, 3.63) is 35.9 Å². The van der Waals surface area contributed by atoms with Gasteiger partial charge >= 0.3 is 11.9 Å². The van der Waals surface area contributed by atoms with Gasteiger partial charge in [-0.15, -0.1) is 0 Å². The second-order valence-corrected chi connectivity index (χ2v) is 10.9. The molecule has 0 aliphatic heterocycles. The number of aliphatic carboxylic acids is 2. The Hall–Kier alpha value is -4.30. The summed E-state index contributed by atoms with van der Waals surface area (Å²) in [5.74, 6) is -7.56. The molecular formula is C27H40N6O12S. The lowest BCUT2D eigenvalue weighted by Gasteiger charge is -2.26. The molecule has 256 valence electrons. The van der Waals surface area contributed by atoms with Crippen LogP contribution >= 0.6 is 11.8 Å². The SMILES string of the molecule is CSCC[C@H](NC(=O)[C@H](Cc1ccccc1)NC(=O)[C@@H](N)CC(=O)O)C(=O)N[C@@H](CO)C(=O)N[C@@H](CO)C(=O)N[C@@H](CO)C(=O)O. The van der Waals surface area contributed by atoms with Gasteiger partial charge in [0.1, 0.15) is 30.2 Å². The van der Waals surface area contributed by atoms with Crippen molar-refractivity contribution in [1.82, 2.24) is 26.6 Å². The highest BCUT2D eigenvalue weighted by atomic mass is 32.2. The molecule has 0 fully saturated rings. The fraction of sp³-hybridized carbons (Fsp3) is 0.519. The van der Waals surface area contributed by atoms with Crippen LogP contribution in [0.4, 0.5) is 0 Å². The minimum atomic E-state index is -1.73. The first-order valence-electron chi connectivity index (χ1n) is 13.8. The summed E-state index contributed by atoms with van der Waals surface area (Å²) >= 11 is 1.33. The first-order chi connectivity index (χ1) is 21.8. The third kappa shape index (κ3) is 13.8. The van der Waals surface area contributed by atoms with Crippen molar-refractivity contribution in [1.29, 1.82) is 0 Å². The molecule has 6 atom stereocenters. The van der Waals surface area contributed by atoms with Gasteiger partial charge in [0.05, 0.1) is 32.3 Å². The van der Waals surface area contributed by atoms with Crippen molar-refractivity contribution >= 4 is 53.2 Å². The summed E-state index contributed by atoms with van der Waals surface area (Å²) in [4.78, 5) is 86.3. The maximum atomic E-state index is 13.4. The van der Waals surface area contributed by atoms with Crippen LogP contribution in [0.2, 0.25) is 0 Å². The van der Waals surface area contributed by atoms with Gasteiger partial charge in [0.2, 0.25) is 29.5 Å². The Balaban J connectivity index is 3.10. The second kappa shape index (κ2) is 20.7. The number of aliphatic hydroxyl groups is 3. The molecule has 0 heterocycles. The van der Waals surface area contributed by atoms with Crippen LogP contribution in [0, 0.1) is 0 Å². The molecule has 46 heavy (non-hydrogen) atoms. The molecule has 1 aromatic carbocycles. The number of hydrogen-bond donors (Lipinski definition) is 11. The van der Waals surface area contributed by atoms with Gasteiger partial charge in [-0.2, -0.15) is 11.8 Å². The molecule has 0 radical (unpaired) electrons. The van der Waals surface area contributed by atoms with Crippen molar-refractivity contribution in [3.8, 4) is 0 Å². The molecule has 5 amide bonds. The smallest absolute Gasteiger partial charge is 0.328 e. The summed E-state index contributed by atoms with van der Waals surface area (Å²) in [5.41, 5.74) is 6.27. The number of carbonyl (C=O) groups is 7. The number of carboxylic acid groups (broad SMARTS) is 2. The minimum Gasteiger partial charge on any atom is -0.481 e.